The van der Waals surface area contributed by atoms with Crippen LogP contribution in [0.4, 0.5) is 4.39 Å². The first-order valence-corrected chi connectivity index (χ1v) is 5.13. The van der Waals surface area contributed by atoms with Crippen molar-refractivity contribution in [1.29, 1.82) is 0 Å². The lowest BCUT2D eigenvalue weighted by Crippen LogP contribution is -1.93. The number of pyridine rings is 1. The molecule has 1 heterocycles. The highest BCUT2D eigenvalue weighted by Crippen LogP contribution is 2.40. The predicted molar refractivity (Wildman–Crippen MR) is 48.8 cm³/mol. The highest BCUT2D eigenvalue weighted by molar-refractivity contribution is 9.08. The van der Waals surface area contributed by atoms with E-state index in [1.807, 2.05) is 0 Å². The number of nitrogens with zero attached hydrogens (tertiary/aromatic N) is 1. The molecule has 0 aliphatic heterocycles. The van der Waals surface area contributed by atoms with Crippen molar-refractivity contribution in [2.75, 3.05) is 0 Å². The molecule has 2 rings (SSSR count). The molecule has 12 heavy (non-hydrogen) atoms. The van der Waals surface area contributed by atoms with Gasteiger partial charge in [0.25, 0.3) is 0 Å². The van der Waals surface area contributed by atoms with Crippen LogP contribution in [0.2, 0.25) is 0 Å². The largest absolute Gasteiger partial charge is 0.258 e. The van der Waals surface area contributed by atoms with E-state index < -0.39 is 0 Å². The Balaban J connectivity index is 2.32. The Bertz CT molecular complexity index is 297. The number of rotatable bonds is 2. The van der Waals surface area contributed by atoms with E-state index in [0.717, 1.165) is 18.4 Å². The first kappa shape index (κ1) is 8.17. The fraction of sp³-hybridized carbons (Fsp3) is 0.444. The Morgan fingerprint density at radius 3 is 2.83 bits per heavy atom. The van der Waals surface area contributed by atoms with Crippen LogP contribution in [0.1, 0.15) is 30.0 Å². The van der Waals surface area contributed by atoms with E-state index in [0.29, 0.717) is 16.9 Å². The van der Waals surface area contributed by atoms with Crippen molar-refractivity contribution < 1.29 is 4.39 Å². The number of hydrogen-bond donors (Lipinski definition) is 0. The van der Waals surface area contributed by atoms with E-state index in [1.54, 1.807) is 12.3 Å². The van der Waals surface area contributed by atoms with E-state index in [1.165, 1.54) is 0 Å². The van der Waals surface area contributed by atoms with Crippen LogP contribution in [0.3, 0.4) is 0 Å². The number of halogens is 2. The van der Waals surface area contributed by atoms with Crippen LogP contribution in [-0.4, -0.2) is 4.98 Å². The van der Waals surface area contributed by atoms with Gasteiger partial charge in [-0.2, -0.15) is 0 Å². The first-order chi connectivity index (χ1) is 5.81. The average Bonchev–Trinajstić information content (AvgIpc) is 2.87. The van der Waals surface area contributed by atoms with E-state index in [2.05, 4.69) is 20.9 Å². The van der Waals surface area contributed by atoms with Gasteiger partial charge in [0.1, 0.15) is 5.82 Å². The van der Waals surface area contributed by atoms with E-state index in [4.69, 9.17) is 0 Å². The Morgan fingerprint density at radius 1 is 1.58 bits per heavy atom. The molecule has 0 unspecified atom stereocenters. The molecule has 0 bridgehead atoms. The molecule has 0 spiro atoms. The third-order valence-electron chi connectivity index (χ3n) is 2.04. The van der Waals surface area contributed by atoms with E-state index in [9.17, 15) is 4.39 Å². The Labute approximate surface area is 79.1 Å². The lowest BCUT2D eigenvalue weighted by atomic mass is 10.2. The summed E-state index contributed by atoms with van der Waals surface area (Å²) in [6.45, 7) is 0. The molecule has 64 valence electrons. The van der Waals surface area contributed by atoms with Gasteiger partial charge in [0.05, 0.1) is 5.69 Å². The quantitative estimate of drug-likeness (QED) is 0.711. The summed E-state index contributed by atoms with van der Waals surface area (Å²) in [6.07, 6.45) is 3.93. The normalized spacial score (nSPS) is 16.5. The van der Waals surface area contributed by atoms with Gasteiger partial charge in [-0.15, -0.1) is 0 Å². The summed E-state index contributed by atoms with van der Waals surface area (Å²) in [5, 5.41) is 0.669. The maximum Gasteiger partial charge on any atom is 0.145 e. The molecule has 1 aliphatic carbocycles. The third kappa shape index (κ3) is 1.51. The summed E-state index contributed by atoms with van der Waals surface area (Å²) in [4.78, 5) is 4.11. The second kappa shape index (κ2) is 3.13. The smallest absolute Gasteiger partial charge is 0.145 e. The molecule has 0 saturated heterocycles. The molecule has 1 aromatic heterocycles. The minimum Gasteiger partial charge on any atom is -0.258 e. The van der Waals surface area contributed by atoms with Gasteiger partial charge in [0, 0.05) is 17.4 Å². The van der Waals surface area contributed by atoms with Crippen LogP contribution in [-0.2, 0) is 5.33 Å². The van der Waals surface area contributed by atoms with Crippen molar-refractivity contribution in [3.63, 3.8) is 0 Å². The van der Waals surface area contributed by atoms with Crippen LogP contribution >= 0.6 is 15.9 Å². The molecule has 0 atom stereocenters. The third-order valence-corrected chi connectivity index (χ3v) is 2.69. The van der Waals surface area contributed by atoms with Gasteiger partial charge in [-0.05, 0) is 24.5 Å². The maximum atomic E-state index is 13.2. The Morgan fingerprint density at radius 2 is 2.33 bits per heavy atom. The zero-order valence-electron chi connectivity index (χ0n) is 6.56. The maximum absolute atomic E-state index is 13.2. The summed E-state index contributed by atoms with van der Waals surface area (Å²) < 4.78 is 13.2. The average molecular weight is 230 g/mol. The molecule has 0 N–H and O–H groups in total. The Hall–Kier alpha value is -0.440. The fourth-order valence-corrected chi connectivity index (χ4v) is 1.53. The molecule has 1 fully saturated rings. The highest BCUT2D eigenvalue weighted by Gasteiger charge is 2.27. The highest BCUT2D eigenvalue weighted by atomic mass is 79.9. The molecule has 1 saturated carbocycles. The lowest BCUT2D eigenvalue weighted by molar-refractivity contribution is 0.598. The van der Waals surface area contributed by atoms with Crippen molar-refractivity contribution in [3.8, 4) is 0 Å². The molecular formula is C9H9BrFN. The van der Waals surface area contributed by atoms with E-state index in [-0.39, 0.29) is 5.82 Å². The molecule has 0 aromatic carbocycles. The molecule has 0 radical (unpaired) electrons. The fourth-order valence-electron chi connectivity index (χ4n) is 1.22. The van der Waals surface area contributed by atoms with Crippen molar-refractivity contribution in [2.45, 2.75) is 24.1 Å². The summed E-state index contributed by atoms with van der Waals surface area (Å²) in [5.41, 5.74) is 1.55. The molecule has 1 aliphatic rings. The summed E-state index contributed by atoms with van der Waals surface area (Å²) in [5.74, 6) is 0.254. The van der Waals surface area contributed by atoms with Gasteiger partial charge in [-0.3, -0.25) is 4.98 Å². The van der Waals surface area contributed by atoms with Crippen LogP contribution in [0.5, 0.6) is 0 Å². The lowest BCUT2D eigenvalue weighted by Gasteiger charge is -2.00. The standard InChI is InChI=1S/C9H9BrFN/c10-4-6-3-8(11)9(12-5-6)7-1-2-7/h3,5,7H,1-2,4H2. The predicted octanol–water partition coefficient (Wildman–Crippen LogP) is 2.99. The second-order valence-corrected chi connectivity index (χ2v) is 3.68. The molecule has 1 nitrogen and oxygen atoms in total. The van der Waals surface area contributed by atoms with Crippen molar-refractivity contribution in [1.82, 2.24) is 4.98 Å². The molecule has 1 aromatic rings. The van der Waals surface area contributed by atoms with Gasteiger partial charge in [0.15, 0.2) is 0 Å². The van der Waals surface area contributed by atoms with Crippen molar-refractivity contribution in [3.05, 3.63) is 29.3 Å². The molecular weight excluding hydrogens is 221 g/mol. The molecule has 0 amide bonds. The van der Waals surface area contributed by atoms with Crippen LogP contribution in [0, 0.1) is 5.82 Å². The van der Waals surface area contributed by atoms with Crippen molar-refractivity contribution in [2.24, 2.45) is 0 Å². The minimum atomic E-state index is -0.144. The van der Waals surface area contributed by atoms with Gasteiger partial charge in [0.2, 0.25) is 0 Å². The molecule has 3 heteroatoms. The Kier molecular flexibility index (Phi) is 2.13. The van der Waals surface area contributed by atoms with Gasteiger partial charge in [-0.1, -0.05) is 15.9 Å². The zero-order valence-corrected chi connectivity index (χ0v) is 8.14. The topological polar surface area (TPSA) is 12.9 Å². The second-order valence-electron chi connectivity index (χ2n) is 3.12. The van der Waals surface area contributed by atoms with Crippen molar-refractivity contribution >= 4 is 15.9 Å². The number of alkyl halides is 1. The van der Waals surface area contributed by atoms with Crippen LogP contribution in [0.25, 0.3) is 0 Å². The van der Waals surface area contributed by atoms with E-state index >= 15 is 0 Å². The summed E-state index contributed by atoms with van der Waals surface area (Å²) in [6, 6.07) is 1.56. The van der Waals surface area contributed by atoms with Gasteiger partial charge in [-0.25, -0.2) is 4.39 Å². The first-order valence-electron chi connectivity index (χ1n) is 4.01. The van der Waals surface area contributed by atoms with Crippen LogP contribution in [0.15, 0.2) is 12.3 Å². The zero-order chi connectivity index (χ0) is 8.55. The van der Waals surface area contributed by atoms with Gasteiger partial charge < -0.3 is 0 Å². The van der Waals surface area contributed by atoms with Gasteiger partial charge >= 0.3 is 0 Å². The number of aromatic nitrogens is 1. The summed E-state index contributed by atoms with van der Waals surface area (Å²) in [7, 11) is 0. The van der Waals surface area contributed by atoms with Crippen LogP contribution < -0.4 is 0 Å². The summed E-state index contributed by atoms with van der Waals surface area (Å²) >= 11 is 3.26. The SMILES string of the molecule is Fc1cc(CBr)cnc1C1CC1. The minimum absolute atomic E-state index is 0.144. The number of hydrogen-bond acceptors (Lipinski definition) is 1. The monoisotopic (exact) mass is 229 g/mol.